The highest BCUT2D eigenvalue weighted by Crippen LogP contribution is 2.64. The van der Waals surface area contributed by atoms with Gasteiger partial charge >= 0.3 is 0 Å². The van der Waals surface area contributed by atoms with Gasteiger partial charge in [0, 0.05) is 26.4 Å². The van der Waals surface area contributed by atoms with E-state index < -0.39 is 15.3 Å². The van der Waals surface area contributed by atoms with Crippen LogP contribution in [0.5, 0.6) is 0 Å². The fraction of sp³-hybridized carbons (Fsp3) is 1.00. The van der Waals surface area contributed by atoms with Crippen LogP contribution < -0.4 is 0 Å². The van der Waals surface area contributed by atoms with Gasteiger partial charge in [0.15, 0.2) is 0 Å². The summed E-state index contributed by atoms with van der Waals surface area (Å²) >= 11 is 0. The number of unbranched alkanes of at least 4 members (excludes halogenated alkanes) is 7. The molecule has 180 valence electrons. The zero-order chi connectivity index (χ0) is 22.9. The Morgan fingerprint density at radius 3 is 1.47 bits per heavy atom. The average Bonchev–Trinajstić information content (AvgIpc) is 2.85. The first kappa shape index (κ1) is 28.7. The molecule has 0 nitrogen and oxygen atoms in total. The van der Waals surface area contributed by atoms with Crippen molar-refractivity contribution in [3.63, 3.8) is 0 Å². The van der Waals surface area contributed by atoms with Gasteiger partial charge < -0.3 is 0 Å². The van der Waals surface area contributed by atoms with E-state index in [0.29, 0.717) is 0 Å². The summed E-state index contributed by atoms with van der Waals surface area (Å²) in [5.41, 5.74) is 2.08. The van der Waals surface area contributed by atoms with Crippen molar-refractivity contribution < 1.29 is 0 Å². The molecule has 1 aliphatic rings. The molecule has 30 heavy (non-hydrogen) atoms. The second-order valence-electron chi connectivity index (χ2n) is 12.6. The van der Waals surface area contributed by atoms with Crippen molar-refractivity contribution in [1.82, 2.24) is 0 Å². The van der Waals surface area contributed by atoms with Crippen molar-refractivity contribution in [3.05, 3.63) is 0 Å². The van der Waals surface area contributed by atoms with E-state index in [1.165, 1.54) is 70.6 Å². The van der Waals surface area contributed by atoms with Gasteiger partial charge in [0.2, 0.25) is 0 Å². The molecule has 1 saturated carbocycles. The molecule has 0 aliphatic heterocycles. The molecule has 0 N–H and O–H groups in total. The summed E-state index contributed by atoms with van der Waals surface area (Å²) < 4.78 is 0. The van der Waals surface area contributed by atoms with Crippen LogP contribution in [0.1, 0.15) is 112 Å². The summed E-state index contributed by atoms with van der Waals surface area (Å²) in [6.07, 6.45) is 16.1. The molecule has 0 radical (unpaired) electrons. The normalized spacial score (nSPS) is 28.8. The topological polar surface area (TPSA) is 0 Å². The van der Waals surface area contributed by atoms with Crippen LogP contribution >= 0.6 is 7.26 Å². The first-order valence-electron chi connectivity index (χ1n) is 13.8. The number of rotatable bonds is 15. The van der Waals surface area contributed by atoms with Crippen molar-refractivity contribution in [2.24, 2.45) is 23.7 Å². The zero-order valence-corrected chi connectivity index (χ0v) is 24.8. The van der Waals surface area contributed by atoms with Crippen LogP contribution in [0.2, 0.25) is 18.6 Å². The fourth-order valence-electron chi connectivity index (χ4n) is 7.43. The van der Waals surface area contributed by atoms with Gasteiger partial charge in [-0.2, -0.15) is 0 Å². The predicted octanol–water partition coefficient (Wildman–Crippen LogP) is 10.1. The van der Waals surface area contributed by atoms with Gasteiger partial charge in [-0.05, 0) is 54.9 Å². The highest BCUT2D eigenvalue weighted by Gasteiger charge is 2.53. The first-order valence-corrected chi connectivity index (χ1v) is 20.0. The first-order chi connectivity index (χ1) is 14.0. The third-order valence-corrected chi connectivity index (χ3v) is 21.2. The van der Waals surface area contributed by atoms with Crippen molar-refractivity contribution in [2.45, 2.75) is 136 Å². The Morgan fingerprint density at radius 2 is 1.03 bits per heavy atom. The van der Waals surface area contributed by atoms with Crippen LogP contribution in [0.15, 0.2) is 0 Å². The molecular formula is C28H60PSi+. The summed E-state index contributed by atoms with van der Waals surface area (Å²) in [7, 11) is -2.11. The van der Waals surface area contributed by atoms with E-state index >= 15 is 0 Å². The van der Waals surface area contributed by atoms with Crippen molar-refractivity contribution in [1.29, 1.82) is 0 Å². The zero-order valence-electron chi connectivity index (χ0n) is 22.9. The van der Waals surface area contributed by atoms with Gasteiger partial charge in [0.25, 0.3) is 0 Å². The maximum Gasteiger partial charge on any atom is 0.0955 e. The third-order valence-electron chi connectivity index (χ3n) is 9.36. The van der Waals surface area contributed by atoms with Gasteiger partial charge in [0.1, 0.15) is 0 Å². The summed E-state index contributed by atoms with van der Waals surface area (Å²) in [4.78, 5) is 0. The van der Waals surface area contributed by atoms with E-state index in [2.05, 4.69) is 68.0 Å². The largest absolute Gasteiger partial charge is 0.0955 e. The molecule has 0 heterocycles. The van der Waals surface area contributed by atoms with Gasteiger partial charge in [-0.15, -0.1) is 0 Å². The molecule has 0 aromatic rings. The summed E-state index contributed by atoms with van der Waals surface area (Å²) in [5, 5.41) is 0. The quantitative estimate of drug-likeness (QED) is 0.131. The van der Waals surface area contributed by atoms with Crippen LogP contribution in [-0.2, 0) is 0 Å². The summed E-state index contributed by atoms with van der Waals surface area (Å²) in [5.74, 6) is 5.36. The van der Waals surface area contributed by atoms with Crippen LogP contribution in [0.4, 0.5) is 0 Å². The standard InChI is InChI=1S/C28H60PSi/c1-11-13-15-17-19-21-27(20-18-16-14-12-2)29(7,8)22-30(9,10)28-25(5)23(3)24(4)26(28)6/h23-28H,11-22H2,1-10H3/q+1. The second kappa shape index (κ2) is 13.4. The molecular weight excluding hydrogens is 395 g/mol. The van der Waals surface area contributed by atoms with E-state index in [-0.39, 0.29) is 0 Å². The van der Waals surface area contributed by atoms with Gasteiger partial charge in [-0.25, -0.2) is 0 Å². The van der Waals surface area contributed by atoms with E-state index in [0.717, 1.165) is 34.9 Å². The lowest BCUT2D eigenvalue weighted by Gasteiger charge is -2.41. The molecule has 0 bridgehead atoms. The maximum atomic E-state index is 2.78. The Balaban J connectivity index is 2.84. The molecule has 0 aromatic carbocycles. The molecule has 1 aliphatic carbocycles. The van der Waals surface area contributed by atoms with E-state index in [1.54, 1.807) is 5.79 Å². The lowest BCUT2D eigenvalue weighted by Crippen LogP contribution is -2.43. The van der Waals surface area contributed by atoms with Gasteiger partial charge in [-0.1, -0.05) is 99.6 Å². The summed E-state index contributed by atoms with van der Waals surface area (Å²) in [6, 6.07) is 0. The Hall–Kier alpha value is 0.647. The minimum Gasteiger partial charge on any atom is -0.0659 e. The Morgan fingerprint density at radius 1 is 0.633 bits per heavy atom. The summed E-state index contributed by atoms with van der Waals surface area (Å²) in [6.45, 7) is 26.1. The average molecular weight is 456 g/mol. The molecule has 1 fully saturated rings. The number of hydrogen-bond donors (Lipinski definition) is 0. The molecule has 5 atom stereocenters. The minimum atomic E-state index is -1.24. The number of hydrogen-bond acceptors (Lipinski definition) is 0. The molecule has 5 unspecified atom stereocenters. The molecule has 0 amide bonds. The van der Waals surface area contributed by atoms with Gasteiger partial charge in [-0.3, -0.25) is 0 Å². The highest BCUT2D eigenvalue weighted by atomic mass is 31.2. The Kier molecular flexibility index (Phi) is 12.8. The Labute approximate surface area is 194 Å². The Bertz CT molecular complexity index is 444. The minimum absolute atomic E-state index is 0.862. The monoisotopic (exact) mass is 455 g/mol. The smallest absolute Gasteiger partial charge is 0.0659 e. The molecule has 2 heteroatoms. The van der Waals surface area contributed by atoms with E-state index in [9.17, 15) is 0 Å². The highest BCUT2D eigenvalue weighted by molar-refractivity contribution is 7.77. The van der Waals surface area contributed by atoms with Gasteiger partial charge in [0.05, 0.1) is 13.7 Å². The lowest BCUT2D eigenvalue weighted by atomic mass is 9.92. The molecule has 0 aromatic heterocycles. The van der Waals surface area contributed by atoms with E-state index in [1.807, 2.05) is 0 Å². The van der Waals surface area contributed by atoms with Crippen LogP contribution in [0, 0.1) is 23.7 Å². The fourth-order valence-corrected chi connectivity index (χ4v) is 22.9. The van der Waals surface area contributed by atoms with Crippen molar-refractivity contribution in [2.75, 3.05) is 19.1 Å². The van der Waals surface area contributed by atoms with Crippen LogP contribution in [0.25, 0.3) is 0 Å². The lowest BCUT2D eigenvalue weighted by molar-refractivity contribution is 0.352. The predicted molar refractivity (Wildman–Crippen MR) is 147 cm³/mol. The molecule has 1 rings (SSSR count). The SMILES string of the molecule is CCCCCCCC(CCCCCC)[P+](C)(C)C[Si](C)(C)C1C(C)C(C)C(C)C1C. The van der Waals surface area contributed by atoms with Crippen molar-refractivity contribution >= 4 is 15.3 Å². The van der Waals surface area contributed by atoms with Crippen LogP contribution in [0.3, 0.4) is 0 Å². The molecule has 0 spiro atoms. The van der Waals surface area contributed by atoms with Crippen molar-refractivity contribution in [3.8, 4) is 0 Å². The van der Waals surface area contributed by atoms with E-state index in [4.69, 9.17) is 0 Å². The third kappa shape index (κ3) is 8.21. The second-order valence-corrected chi connectivity index (χ2v) is 22.8. The maximum absolute atomic E-state index is 2.78. The molecule has 0 saturated heterocycles. The van der Waals surface area contributed by atoms with Crippen LogP contribution in [-0.4, -0.2) is 32.8 Å².